The van der Waals surface area contributed by atoms with Crippen LogP contribution in [0.5, 0.6) is 0 Å². The van der Waals surface area contributed by atoms with Crippen molar-refractivity contribution in [3.8, 4) is 0 Å². The molecule has 0 spiro atoms. The summed E-state index contributed by atoms with van der Waals surface area (Å²) in [6, 6.07) is 2.71. The smallest absolute Gasteiger partial charge is 0.0639 e. The molecule has 0 amide bonds. The summed E-state index contributed by atoms with van der Waals surface area (Å²) in [6.45, 7) is 5.48. The third-order valence-corrected chi connectivity index (χ3v) is 3.12. The maximum Gasteiger partial charge on any atom is 0.0639 e. The first-order valence-electron chi connectivity index (χ1n) is 6.98. The lowest BCUT2D eigenvalue weighted by atomic mass is 10.0. The van der Waals surface area contributed by atoms with Gasteiger partial charge in [0.25, 0.3) is 0 Å². The van der Waals surface area contributed by atoms with Crippen LogP contribution in [0.2, 0.25) is 0 Å². The van der Waals surface area contributed by atoms with Crippen LogP contribution in [-0.4, -0.2) is 22.4 Å². The standard InChI is InChI=1S/C14H27N3/c1-4-6-7-8-9-13(15-5-2)12-14-10-11-17(3)16-14/h10-11,13,15H,4-9,12H2,1-3H3. The summed E-state index contributed by atoms with van der Waals surface area (Å²) in [5.41, 5.74) is 1.20. The second-order valence-electron chi connectivity index (χ2n) is 4.79. The highest BCUT2D eigenvalue weighted by atomic mass is 15.2. The van der Waals surface area contributed by atoms with Crippen molar-refractivity contribution in [2.75, 3.05) is 6.54 Å². The minimum atomic E-state index is 0.590. The number of hydrogen-bond acceptors (Lipinski definition) is 2. The van der Waals surface area contributed by atoms with Crippen LogP contribution in [0.3, 0.4) is 0 Å². The number of likely N-dealkylation sites (N-methyl/N-ethyl adjacent to an activating group) is 1. The van der Waals surface area contributed by atoms with E-state index in [9.17, 15) is 0 Å². The maximum atomic E-state index is 4.45. The van der Waals surface area contributed by atoms with Gasteiger partial charge in [0, 0.05) is 25.7 Å². The van der Waals surface area contributed by atoms with Crippen molar-refractivity contribution in [2.45, 2.75) is 58.4 Å². The van der Waals surface area contributed by atoms with Gasteiger partial charge in [0.05, 0.1) is 5.69 Å². The van der Waals surface area contributed by atoms with Crippen molar-refractivity contribution >= 4 is 0 Å². The highest BCUT2D eigenvalue weighted by molar-refractivity contribution is 5.01. The van der Waals surface area contributed by atoms with Crippen LogP contribution in [0.15, 0.2) is 12.3 Å². The summed E-state index contributed by atoms with van der Waals surface area (Å²) in [5, 5.41) is 8.02. The first-order valence-corrected chi connectivity index (χ1v) is 6.98. The lowest BCUT2D eigenvalue weighted by Gasteiger charge is -2.16. The van der Waals surface area contributed by atoms with E-state index in [4.69, 9.17) is 0 Å². The molecule has 1 atom stereocenters. The molecule has 1 unspecified atom stereocenters. The third kappa shape index (κ3) is 5.87. The Morgan fingerprint density at radius 1 is 1.29 bits per heavy atom. The molecule has 0 saturated carbocycles. The number of aryl methyl sites for hydroxylation is 1. The second-order valence-corrected chi connectivity index (χ2v) is 4.79. The first kappa shape index (κ1) is 14.2. The zero-order valence-corrected chi connectivity index (χ0v) is 11.6. The summed E-state index contributed by atoms with van der Waals surface area (Å²) in [4.78, 5) is 0. The predicted octanol–water partition coefficient (Wildman–Crippen LogP) is 2.91. The Kier molecular flexibility index (Phi) is 6.94. The first-order chi connectivity index (χ1) is 8.26. The molecule has 98 valence electrons. The number of unbranched alkanes of at least 4 members (excludes halogenated alkanes) is 3. The van der Waals surface area contributed by atoms with Gasteiger partial charge in [-0.15, -0.1) is 0 Å². The SMILES string of the molecule is CCCCCCC(Cc1ccn(C)n1)NCC. The van der Waals surface area contributed by atoms with Crippen molar-refractivity contribution in [3.05, 3.63) is 18.0 Å². The van der Waals surface area contributed by atoms with Crippen LogP contribution < -0.4 is 5.32 Å². The molecule has 1 aromatic heterocycles. The van der Waals surface area contributed by atoms with E-state index in [0.717, 1.165) is 13.0 Å². The van der Waals surface area contributed by atoms with Crippen LogP contribution >= 0.6 is 0 Å². The molecule has 17 heavy (non-hydrogen) atoms. The zero-order chi connectivity index (χ0) is 12.5. The molecule has 3 heteroatoms. The van der Waals surface area contributed by atoms with E-state index in [1.54, 1.807) is 0 Å². The van der Waals surface area contributed by atoms with Gasteiger partial charge in [-0.1, -0.05) is 39.5 Å². The van der Waals surface area contributed by atoms with E-state index < -0.39 is 0 Å². The summed E-state index contributed by atoms with van der Waals surface area (Å²) in [6.07, 6.45) is 9.72. The van der Waals surface area contributed by atoms with E-state index in [1.165, 1.54) is 37.8 Å². The molecule has 0 fully saturated rings. The van der Waals surface area contributed by atoms with Gasteiger partial charge in [-0.05, 0) is 19.0 Å². The topological polar surface area (TPSA) is 29.9 Å². The van der Waals surface area contributed by atoms with Gasteiger partial charge in [0.1, 0.15) is 0 Å². The summed E-state index contributed by atoms with van der Waals surface area (Å²) < 4.78 is 1.88. The van der Waals surface area contributed by atoms with Crippen LogP contribution in [0.4, 0.5) is 0 Å². The van der Waals surface area contributed by atoms with Crippen molar-refractivity contribution in [1.29, 1.82) is 0 Å². The molecule has 3 nitrogen and oxygen atoms in total. The molecule has 0 saturated heterocycles. The number of rotatable bonds is 9. The molecule has 1 rings (SSSR count). The summed E-state index contributed by atoms with van der Waals surface area (Å²) in [7, 11) is 1.98. The quantitative estimate of drug-likeness (QED) is 0.669. The minimum Gasteiger partial charge on any atom is -0.314 e. The van der Waals surface area contributed by atoms with E-state index in [1.807, 2.05) is 17.9 Å². The van der Waals surface area contributed by atoms with Crippen molar-refractivity contribution in [1.82, 2.24) is 15.1 Å². The molecular formula is C14H27N3. The molecular weight excluding hydrogens is 210 g/mol. The van der Waals surface area contributed by atoms with Crippen LogP contribution in [0.1, 0.15) is 51.6 Å². The highest BCUT2D eigenvalue weighted by Gasteiger charge is 2.09. The normalized spacial score (nSPS) is 12.9. The lowest BCUT2D eigenvalue weighted by Crippen LogP contribution is -2.31. The molecule has 0 aliphatic carbocycles. The Hall–Kier alpha value is -0.830. The number of aromatic nitrogens is 2. The van der Waals surface area contributed by atoms with E-state index in [2.05, 4.69) is 30.3 Å². The fourth-order valence-corrected chi connectivity index (χ4v) is 2.21. The van der Waals surface area contributed by atoms with E-state index in [0.29, 0.717) is 6.04 Å². The molecule has 0 aliphatic heterocycles. The van der Waals surface area contributed by atoms with Crippen molar-refractivity contribution in [3.63, 3.8) is 0 Å². The second kappa shape index (κ2) is 8.29. The van der Waals surface area contributed by atoms with Gasteiger partial charge in [-0.25, -0.2) is 0 Å². The van der Waals surface area contributed by atoms with Crippen molar-refractivity contribution in [2.24, 2.45) is 7.05 Å². The molecule has 1 aromatic rings. The lowest BCUT2D eigenvalue weighted by molar-refractivity contribution is 0.458. The molecule has 1 N–H and O–H groups in total. The van der Waals surface area contributed by atoms with Crippen molar-refractivity contribution < 1.29 is 0 Å². The monoisotopic (exact) mass is 237 g/mol. The Morgan fingerprint density at radius 2 is 2.12 bits per heavy atom. The molecule has 0 radical (unpaired) electrons. The van der Waals surface area contributed by atoms with Crippen LogP contribution in [-0.2, 0) is 13.5 Å². The summed E-state index contributed by atoms with van der Waals surface area (Å²) >= 11 is 0. The highest BCUT2D eigenvalue weighted by Crippen LogP contribution is 2.09. The fraction of sp³-hybridized carbons (Fsp3) is 0.786. The molecule has 0 aromatic carbocycles. The van der Waals surface area contributed by atoms with Crippen LogP contribution in [0, 0.1) is 0 Å². The average Bonchev–Trinajstić information content (AvgIpc) is 2.70. The predicted molar refractivity (Wildman–Crippen MR) is 73.1 cm³/mol. The molecule has 1 heterocycles. The van der Waals surface area contributed by atoms with Gasteiger partial charge >= 0.3 is 0 Å². The summed E-state index contributed by atoms with van der Waals surface area (Å²) in [5.74, 6) is 0. The maximum absolute atomic E-state index is 4.45. The number of nitrogens with one attached hydrogen (secondary N) is 1. The Morgan fingerprint density at radius 3 is 2.71 bits per heavy atom. The zero-order valence-electron chi connectivity index (χ0n) is 11.6. The average molecular weight is 237 g/mol. The van der Waals surface area contributed by atoms with Gasteiger partial charge in [-0.3, -0.25) is 4.68 Å². The van der Waals surface area contributed by atoms with E-state index in [-0.39, 0.29) is 0 Å². The number of hydrogen-bond donors (Lipinski definition) is 1. The minimum absolute atomic E-state index is 0.590. The van der Waals surface area contributed by atoms with Crippen LogP contribution in [0.25, 0.3) is 0 Å². The Balaban J connectivity index is 2.32. The van der Waals surface area contributed by atoms with E-state index >= 15 is 0 Å². The Labute approximate surface area is 106 Å². The number of nitrogens with zero attached hydrogens (tertiary/aromatic N) is 2. The largest absolute Gasteiger partial charge is 0.314 e. The van der Waals surface area contributed by atoms with Gasteiger partial charge in [-0.2, -0.15) is 5.10 Å². The van der Waals surface area contributed by atoms with Gasteiger partial charge < -0.3 is 5.32 Å². The third-order valence-electron chi connectivity index (χ3n) is 3.12. The Bertz CT molecular complexity index is 293. The fourth-order valence-electron chi connectivity index (χ4n) is 2.21. The molecule has 0 aliphatic rings. The van der Waals surface area contributed by atoms with Gasteiger partial charge in [0.15, 0.2) is 0 Å². The molecule has 0 bridgehead atoms. The van der Waals surface area contributed by atoms with Gasteiger partial charge in [0.2, 0.25) is 0 Å².